The molecule has 0 fully saturated rings. The van der Waals surface area contributed by atoms with Crippen LogP contribution in [0, 0.1) is 5.82 Å². The third kappa shape index (κ3) is 3.56. The van der Waals surface area contributed by atoms with Crippen LogP contribution in [0.5, 0.6) is 0 Å². The number of ether oxygens (including phenoxy) is 1. The number of hydrogen-bond donors (Lipinski definition) is 1. The van der Waals surface area contributed by atoms with Crippen molar-refractivity contribution in [1.82, 2.24) is 15.2 Å². The number of hydrogen-bond acceptors (Lipinski definition) is 4. The predicted octanol–water partition coefficient (Wildman–Crippen LogP) is 4.13. The highest BCUT2D eigenvalue weighted by atomic mass is 19.1. The fourth-order valence-corrected chi connectivity index (χ4v) is 3.46. The van der Waals surface area contributed by atoms with Crippen molar-refractivity contribution in [1.29, 1.82) is 0 Å². The SMILES string of the molecule is CCOC1=CC(c2ccc(F)cc2)N(CCc2nnc[nH]2)c2ccccc21. The zero-order valence-electron chi connectivity index (χ0n) is 15.1. The predicted molar refractivity (Wildman–Crippen MR) is 103 cm³/mol. The molecule has 3 aromatic rings. The van der Waals surface area contributed by atoms with E-state index in [-0.39, 0.29) is 11.9 Å². The smallest absolute Gasteiger partial charge is 0.131 e. The Labute approximate surface area is 157 Å². The lowest BCUT2D eigenvalue weighted by atomic mass is 9.95. The molecule has 6 heteroatoms. The molecule has 0 saturated carbocycles. The van der Waals surface area contributed by atoms with Crippen LogP contribution in [-0.2, 0) is 11.2 Å². The van der Waals surface area contributed by atoms with Crippen LogP contribution in [0.25, 0.3) is 5.76 Å². The normalized spacial score (nSPS) is 16.0. The zero-order valence-corrected chi connectivity index (χ0v) is 15.1. The van der Waals surface area contributed by atoms with E-state index >= 15 is 0 Å². The number of H-pyrrole nitrogens is 1. The molecule has 1 aliphatic heterocycles. The third-order valence-corrected chi connectivity index (χ3v) is 4.69. The number of para-hydroxylation sites is 1. The monoisotopic (exact) mass is 364 g/mol. The van der Waals surface area contributed by atoms with Crippen molar-refractivity contribution in [3.63, 3.8) is 0 Å². The van der Waals surface area contributed by atoms with E-state index in [0.29, 0.717) is 6.61 Å². The summed E-state index contributed by atoms with van der Waals surface area (Å²) in [6, 6.07) is 14.8. The van der Waals surface area contributed by atoms with Crippen molar-refractivity contribution < 1.29 is 9.13 Å². The van der Waals surface area contributed by atoms with E-state index in [4.69, 9.17) is 4.74 Å². The lowest BCUT2D eigenvalue weighted by Gasteiger charge is -2.37. The molecule has 0 bridgehead atoms. The second-order valence-electron chi connectivity index (χ2n) is 6.36. The van der Waals surface area contributed by atoms with E-state index in [1.54, 1.807) is 6.33 Å². The van der Waals surface area contributed by atoms with Gasteiger partial charge in [-0.2, -0.15) is 0 Å². The Bertz CT molecular complexity index is 922. The minimum absolute atomic E-state index is 0.0510. The van der Waals surface area contributed by atoms with Gasteiger partial charge in [-0.05, 0) is 42.8 Å². The number of fused-ring (bicyclic) bond motifs is 1. The number of anilines is 1. The molecule has 0 saturated heterocycles. The minimum Gasteiger partial charge on any atom is -0.493 e. The van der Waals surface area contributed by atoms with Gasteiger partial charge in [0.25, 0.3) is 0 Å². The molecular weight excluding hydrogens is 343 g/mol. The van der Waals surface area contributed by atoms with Gasteiger partial charge in [0.1, 0.15) is 23.7 Å². The van der Waals surface area contributed by atoms with Gasteiger partial charge in [0.15, 0.2) is 0 Å². The first-order valence-corrected chi connectivity index (χ1v) is 9.07. The summed E-state index contributed by atoms with van der Waals surface area (Å²) in [6.45, 7) is 3.31. The Morgan fingerprint density at radius 1 is 1.15 bits per heavy atom. The molecule has 0 aliphatic carbocycles. The number of aromatic nitrogens is 3. The van der Waals surface area contributed by atoms with Crippen molar-refractivity contribution in [2.75, 3.05) is 18.1 Å². The molecule has 138 valence electrons. The Hall–Kier alpha value is -3.15. The van der Waals surface area contributed by atoms with Crippen LogP contribution in [0.3, 0.4) is 0 Å². The zero-order chi connectivity index (χ0) is 18.6. The molecular formula is C21H21FN4O. The molecule has 2 aromatic carbocycles. The van der Waals surface area contributed by atoms with Gasteiger partial charge in [-0.3, -0.25) is 0 Å². The summed E-state index contributed by atoms with van der Waals surface area (Å²) in [7, 11) is 0. The molecule has 5 nitrogen and oxygen atoms in total. The van der Waals surface area contributed by atoms with E-state index < -0.39 is 0 Å². The lowest BCUT2D eigenvalue weighted by Crippen LogP contribution is -2.33. The highest BCUT2D eigenvalue weighted by Gasteiger charge is 2.28. The first-order chi connectivity index (χ1) is 13.3. The summed E-state index contributed by atoms with van der Waals surface area (Å²) in [6.07, 6.45) is 4.42. The molecule has 0 spiro atoms. The lowest BCUT2D eigenvalue weighted by molar-refractivity contribution is 0.295. The Morgan fingerprint density at radius 3 is 2.70 bits per heavy atom. The Balaban J connectivity index is 1.74. The van der Waals surface area contributed by atoms with Crippen molar-refractivity contribution in [2.24, 2.45) is 0 Å². The van der Waals surface area contributed by atoms with Gasteiger partial charge in [0.2, 0.25) is 0 Å². The third-order valence-electron chi connectivity index (χ3n) is 4.69. The van der Waals surface area contributed by atoms with E-state index in [1.165, 1.54) is 12.1 Å². The highest BCUT2D eigenvalue weighted by Crippen LogP contribution is 2.40. The topological polar surface area (TPSA) is 54.0 Å². The molecule has 1 aliphatic rings. The van der Waals surface area contributed by atoms with Gasteiger partial charge in [-0.25, -0.2) is 4.39 Å². The average Bonchev–Trinajstić information content (AvgIpc) is 3.21. The molecule has 2 heterocycles. The summed E-state index contributed by atoms with van der Waals surface area (Å²) in [5, 5.41) is 7.94. The second kappa shape index (κ2) is 7.61. The Kier molecular flexibility index (Phi) is 4.87. The van der Waals surface area contributed by atoms with Gasteiger partial charge in [-0.1, -0.05) is 24.3 Å². The molecule has 4 rings (SSSR count). The van der Waals surface area contributed by atoms with E-state index in [0.717, 1.165) is 41.4 Å². The van der Waals surface area contributed by atoms with Crippen LogP contribution in [0.2, 0.25) is 0 Å². The fourth-order valence-electron chi connectivity index (χ4n) is 3.46. The van der Waals surface area contributed by atoms with Crippen molar-refractivity contribution in [2.45, 2.75) is 19.4 Å². The van der Waals surface area contributed by atoms with Gasteiger partial charge < -0.3 is 14.6 Å². The molecule has 27 heavy (non-hydrogen) atoms. The standard InChI is InChI=1S/C21H21FN4O/c1-2-27-20-13-19(15-7-9-16(22)10-8-15)26(12-11-21-23-14-24-25-21)18-6-4-3-5-17(18)20/h3-10,13-14,19H,2,11-12H2,1H3,(H,23,24,25). The first kappa shape index (κ1) is 17.3. The summed E-state index contributed by atoms with van der Waals surface area (Å²) >= 11 is 0. The maximum atomic E-state index is 13.4. The summed E-state index contributed by atoms with van der Waals surface area (Å²) < 4.78 is 19.4. The number of aromatic amines is 1. The van der Waals surface area contributed by atoms with Crippen LogP contribution < -0.4 is 4.90 Å². The second-order valence-corrected chi connectivity index (χ2v) is 6.36. The van der Waals surface area contributed by atoms with Crippen molar-refractivity contribution in [3.05, 3.63) is 83.7 Å². The van der Waals surface area contributed by atoms with Crippen LogP contribution in [0.4, 0.5) is 10.1 Å². The highest BCUT2D eigenvalue weighted by molar-refractivity contribution is 5.78. The van der Waals surface area contributed by atoms with Gasteiger partial charge >= 0.3 is 0 Å². The van der Waals surface area contributed by atoms with Crippen molar-refractivity contribution >= 4 is 11.4 Å². The number of nitrogens with zero attached hydrogens (tertiary/aromatic N) is 3. The van der Waals surface area contributed by atoms with Crippen molar-refractivity contribution in [3.8, 4) is 0 Å². The van der Waals surface area contributed by atoms with Crippen LogP contribution in [0.15, 0.2) is 60.9 Å². The minimum atomic E-state index is -0.239. The van der Waals surface area contributed by atoms with Crippen LogP contribution in [0.1, 0.15) is 29.9 Å². The molecule has 1 aromatic heterocycles. The number of benzene rings is 2. The van der Waals surface area contributed by atoms with Gasteiger partial charge in [0.05, 0.1) is 12.6 Å². The van der Waals surface area contributed by atoms with Crippen LogP contribution in [-0.4, -0.2) is 28.3 Å². The Morgan fingerprint density at radius 2 is 1.96 bits per heavy atom. The summed E-state index contributed by atoms with van der Waals surface area (Å²) in [5.41, 5.74) is 3.17. The average molecular weight is 364 g/mol. The first-order valence-electron chi connectivity index (χ1n) is 9.07. The molecule has 1 atom stereocenters. The molecule has 1 unspecified atom stereocenters. The number of rotatable bonds is 6. The van der Waals surface area contributed by atoms with Gasteiger partial charge in [-0.15, -0.1) is 10.2 Å². The maximum Gasteiger partial charge on any atom is 0.131 e. The van der Waals surface area contributed by atoms with Crippen LogP contribution >= 0.6 is 0 Å². The van der Waals surface area contributed by atoms with Gasteiger partial charge in [0, 0.05) is 24.2 Å². The number of halogens is 1. The summed E-state index contributed by atoms with van der Waals surface area (Å²) in [4.78, 5) is 5.35. The molecule has 0 amide bonds. The van der Waals surface area contributed by atoms with E-state index in [9.17, 15) is 4.39 Å². The van der Waals surface area contributed by atoms with E-state index in [2.05, 4.69) is 38.3 Å². The molecule has 1 N–H and O–H groups in total. The maximum absolute atomic E-state index is 13.4. The molecule has 0 radical (unpaired) electrons. The summed E-state index contributed by atoms with van der Waals surface area (Å²) in [5.74, 6) is 1.46. The quantitative estimate of drug-likeness (QED) is 0.715. The fraction of sp³-hybridized carbons (Fsp3) is 0.238. The largest absolute Gasteiger partial charge is 0.493 e. The van der Waals surface area contributed by atoms with E-state index in [1.807, 2.05) is 31.2 Å². The number of nitrogens with one attached hydrogen (secondary N) is 1.